The van der Waals surface area contributed by atoms with E-state index in [2.05, 4.69) is 61.6 Å². The minimum atomic E-state index is 0.240. The summed E-state index contributed by atoms with van der Waals surface area (Å²) < 4.78 is 6.45. The fourth-order valence-electron chi connectivity index (χ4n) is 3.44. The van der Waals surface area contributed by atoms with Crippen LogP contribution >= 0.6 is 0 Å². The van der Waals surface area contributed by atoms with Gasteiger partial charge in [-0.15, -0.1) is 0 Å². The van der Waals surface area contributed by atoms with E-state index in [0.29, 0.717) is 11.5 Å². The van der Waals surface area contributed by atoms with Gasteiger partial charge < -0.3 is 10.1 Å². The van der Waals surface area contributed by atoms with Crippen LogP contribution in [0.4, 0.5) is 0 Å². The van der Waals surface area contributed by atoms with Crippen molar-refractivity contribution in [2.75, 3.05) is 7.05 Å². The van der Waals surface area contributed by atoms with E-state index >= 15 is 0 Å². The lowest BCUT2D eigenvalue weighted by molar-refractivity contribution is 0.0570. The first-order chi connectivity index (χ1) is 10.1. The maximum absolute atomic E-state index is 6.45. The van der Waals surface area contributed by atoms with Crippen LogP contribution in [0.2, 0.25) is 0 Å². The minimum Gasteiger partial charge on any atom is -0.488 e. The maximum Gasteiger partial charge on any atom is 0.127 e. The Labute approximate surface area is 127 Å². The largest absolute Gasteiger partial charge is 0.488 e. The van der Waals surface area contributed by atoms with Gasteiger partial charge in [-0.3, -0.25) is 0 Å². The molecule has 2 atom stereocenters. The highest BCUT2D eigenvalue weighted by Crippen LogP contribution is 2.38. The highest BCUT2D eigenvalue weighted by molar-refractivity contribution is 5.88. The second-order valence-electron chi connectivity index (χ2n) is 6.94. The number of fused-ring (bicyclic) bond motifs is 1. The average molecular weight is 283 g/mol. The van der Waals surface area contributed by atoms with Crippen LogP contribution in [0.15, 0.2) is 42.5 Å². The molecule has 21 heavy (non-hydrogen) atoms. The summed E-state index contributed by atoms with van der Waals surface area (Å²) in [5, 5.41) is 5.88. The number of hydrogen-bond acceptors (Lipinski definition) is 2. The predicted octanol–water partition coefficient (Wildman–Crippen LogP) is 4.39. The van der Waals surface area contributed by atoms with Gasteiger partial charge in [0.25, 0.3) is 0 Å². The first-order valence-electron chi connectivity index (χ1n) is 7.91. The van der Waals surface area contributed by atoms with Crippen LogP contribution in [0.5, 0.6) is 5.75 Å². The first kappa shape index (κ1) is 14.4. The highest BCUT2D eigenvalue weighted by atomic mass is 16.5. The van der Waals surface area contributed by atoms with Gasteiger partial charge in [0.05, 0.1) is 0 Å². The molecule has 1 saturated carbocycles. The third-order valence-electron chi connectivity index (χ3n) is 4.73. The summed E-state index contributed by atoms with van der Waals surface area (Å²) in [6, 6.07) is 15.2. The van der Waals surface area contributed by atoms with Gasteiger partial charge in [-0.1, -0.05) is 50.2 Å². The lowest BCUT2D eigenvalue weighted by atomic mass is 9.74. The standard InChI is InChI=1S/C19H25NO/c1-19(2)12-11-16(20-3)18(13-19)21-17-10-6-8-14-7-4-5-9-15(14)17/h4-10,16,18,20H,11-13H2,1-3H3. The molecule has 2 heteroatoms. The number of likely N-dealkylation sites (N-methyl/N-ethyl adjacent to an activating group) is 1. The van der Waals surface area contributed by atoms with Crippen LogP contribution in [-0.4, -0.2) is 19.2 Å². The molecular weight excluding hydrogens is 258 g/mol. The van der Waals surface area contributed by atoms with Crippen molar-refractivity contribution in [3.05, 3.63) is 42.5 Å². The molecule has 1 N–H and O–H groups in total. The lowest BCUT2D eigenvalue weighted by Gasteiger charge is -2.40. The second kappa shape index (κ2) is 5.69. The van der Waals surface area contributed by atoms with Crippen molar-refractivity contribution in [1.82, 2.24) is 5.32 Å². The highest BCUT2D eigenvalue weighted by Gasteiger charge is 2.35. The van der Waals surface area contributed by atoms with E-state index in [1.165, 1.54) is 23.6 Å². The molecule has 0 aliphatic heterocycles. The van der Waals surface area contributed by atoms with Crippen molar-refractivity contribution < 1.29 is 4.74 Å². The van der Waals surface area contributed by atoms with Crippen LogP contribution in [0, 0.1) is 5.41 Å². The average Bonchev–Trinajstić information content (AvgIpc) is 2.47. The van der Waals surface area contributed by atoms with Crippen LogP contribution in [0.3, 0.4) is 0 Å². The summed E-state index contributed by atoms with van der Waals surface area (Å²) >= 11 is 0. The monoisotopic (exact) mass is 283 g/mol. The van der Waals surface area contributed by atoms with E-state index in [1.54, 1.807) is 0 Å². The second-order valence-corrected chi connectivity index (χ2v) is 6.94. The summed E-state index contributed by atoms with van der Waals surface area (Å²) in [6.07, 6.45) is 3.78. The number of hydrogen-bond donors (Lipinski definition) is 1. The number of nitrogens with one attached hydrogen (secondary N) is 1. The van der Waals surface area contributed by atoms with E-state index in [-0.39, 0.29) is 6.10 Å². The molecule has 2 aromatic rings. The Bertz CT molecular complexity index is 614. The molecule has 3 rings (SSSR count). The molecule has 112 valence electrons. The van der Waals surface area contributed by atoms with Crippen LogP contribution in [0.25, 0.3) is 10.8 Å². The van der Waals surface area contributed by atoms with Gasteiger partial charge in [0, 0.05) is 11.4 Å². The Hall–Kier alpha value is -1.54. The zero-order chi connectivity index (χ0) is 14.9. The molecule has 0 radical (unpaired) electrons. The van der Waals surface area contributed by atoms with Gasteiger partial charge in [0.15, 0.2) is 0 Å². The smallest absolute Gasteiger partial charge is 0.127 e. The van der Waals surface area contributed by atoms with Crippen molar-refractivity contribution in [3.8, 4) is 5.75 Å². The van der Waals surface area contributed by atoms with Gasteiger partial charge in [-0.05, 0) is 43.2 Å². The molecule has 0 amide bonds. The van der Waals surface area contributed by atoms with E-state index in [4.69, 9.17) is 4.74 Å². The van der Waals surface area contributed by atoms with Crippen LogP contribution in [0.1, 0.15) is 33.1 Å². The molecule has 0 aromatic heterocycles. The van der Waals surface area contributed by atoms with Gasteiger partial charge in [-0.2, -0.15) is 0 Å². The quantitative estimate of drug-likeness (QED) is 0.902. The molecule has 2 unspecified atom stereocenters. The topological polar surface area (TPSA) is 21.3 Å². The Balaban J connectivity index is 1.89. The van der Waals surface area contributed by atoms with Gasteiger partial charge in [0.1, 0.15) is 11.9 Å². The zero-order valence-electron chi connectivity index (χ0n) is 13.2. The van der Waals surface area contributed by atoms with E-state index in [9.17, 15) is 0 Å². The molecule has 0 spiro atoms. The van der Waals surface area contributed by atoms with Crippen LogP contribution < -0.4 is 10.1 Å². The molecule has 1 aliphatic carbocycles. The van der Waals surface area contributed by atoms with Crippen molar-refractivity contribution in [2.24, 2.45) is 5.41 Å². The van der Waals surface area contributed by atoms with Crippen molar-refractivity contribution >= 4 is 10.8 Å². The molecule has 0 bridgehead atoms. The van der Waals surface area contributed by atoms with Gasteiger partial charge in [-0.25, -0.2) is 0 Å². The molecule has 0 heterocycles. The molecule has 1 aliphatic rings. The molecule has 1 fully saturated rings. The van der Waals surface area contributed by atoms with Crippen molar-refractivity contribution in [2.45, 2.75) is 45.3 Å². The summed E-state index contributed by atoms with van der Waals surface area (Å²) in [4.78, 5) is 0. The van der Waals surface area contributed by atoms with Gasteiger partial charge in [0.2, 0.25) is 0 Å². The third-order valence-corrected chi connectivity index (χ3v) is 4.73. The maximum atomic E-state index is 6.45. The van der Waals surface area contributed by atoms with Crippen molar-refractivity contribution in [1.29, 1.82) is 0 Å². The van der Waals surface area contributed by atoms with Crippen LogP contribution in [-0.2, 0) is 0 Å². The number of ether oxygens (including phenoxy) is 1. The third kappa shape index (κ3) is 3.06. The minimum absolute atomic E-state index is 0.240. The summed E-state index contributed by atoms with van der Waals surface area (Å²) in [7, 11) is 2.04. The number of benzene rings is 2. The Morgan fingerprint density at radius 2 is 1.86 bits per heavy atom. The Morgan fingerprint density at radius 3 is 2.67 bits per heavy atom. The summed E-state index contributed by atoms with van der Waals surface area (Å²) in [6.45, 7) is 4.69. The molecule has 2 aromatic carbocycles. The SMILES string of the molecule is CNC1CCC(C)(C)CC1Oc1cccc2ccccc12. The van der Waals surface area contributed by atoms with E-state index in [1.807, 2.05) is 7.05 Å². The Morgan fingerprint density at radius 1 is 1.10 bits per heavy atom. The molecule has 0 saturated heterocycles. The fourth-order valence-corrected chi connectivity index (χ4v) is 3.44. The predicted molar refractivity (Wildman–Crippen MR) is 88.8 cm³/mol. The van der Waals surface area contributed by atoms with Gasteiger partial charge >= 0.3 is 0 Å². The Kier molecular flexibility index (Phi) is 3.90. The van der Waals surface area contributed by atoms with E-state index < -0.39 is 0 Å². The normalized spacial score (nSPS) is 24.9. The number of rotatable bonds is 3. The molecular formula is C19H25NO. The zero-order valence-corrected chi connectivity index (χ0v) is 13.2. The lowest BCUT2D eigenvalue weighted by Crippen LogP contribution is -2.47. The summed E-state index contributed by atoms with van der Waals surface area (Å²) in [5.74, 6) is 1.01. The van der Waals surface area contributed by atoms with E-state index in [0.717, 1.165) is 12.2 Å². The summed E-state index contributed by atoms with van der Waals surface area (Å²) in [5.41, 5.74) is 0.364. The van der Waals surface area contributed by atoms with Crippen molar-refractivity contribution in [3.63, 3.8) is 0 Å². The first-order valence-corrected chi connectivity index (χ1v) is 7.91. The molecule has 2 nitrogen and oxygen atoms in total. The fraction of sp³-hybridized carbons (Fsp3) is 0.474.